The molecule has 0 radical (unpaired) electrons. The number of carbonyl (C=O) groups excluding carboxylic acids is 1. The first kappa shape index (κ1) is 12.0. The van der Waals surface area contributed by atoms with Gasteiger partial charge in [0.15, 0.2) is 0 Å². The zero-order chi connectivity index (χ0) is 11.1. The topological polar surface area (TPSA) is 29.1 Å². The normalized spacial score (nSPS) is 9.33. The average molecular weight is 240 g/mol. The highest BCUT2D eigenvalue weighted by Crippen LogP contribution is 2.19. The Balaban J connectivity index is 2.34. The van der Waals surface area contributed by atoms with Gasteiger partial charge in [-0.05, 0) is 24.3 Å². The highest BCUT2D eigenvalue weighted by atomic mass is 35.5. The lowest BCUT2D eigenvalue weighted by atomic mass is 10.4. The molecular formula is C11H10ClNOS. The van der Waals surface area contributed by atoms with E-state index in [1.54, 1.807) is 12.1 Å². The zero-order valence-corrected chi connectivity index (χ0v) is 9.57. The Morgan fingerprint density at radius 1 is 1.47 bits per heavy atom. The third-order valence-electron chi connectivity index (χ3n) is 1.57. The summed E-state index contributed by atoms with van der Waals surface area (Å²) in [6.45, 7) is 0.278. The quantitative estimate of drug-likeness (QED) is 0.645. The summed E-state index contributed by atoms with van der Waals surface area (Å²) in [5.74, 6) is 2.65. The molecule has 0 saturated carbocycles. The predicted octanol–water partition coefficient (Wildman–Crippen LogP) is 2.18. The molecule has 0 aromatic heterocycles. The van der Waals surface area contributed by atoms with Crippen LogP contribution in [-0.2, 0) is 4.79 Å². The van der Waals surface area contributed by atoms with Gasteiger partial charge in [0.25, 0.3) is 0 Å². The Bertz CT molecular complexity index is 369. The van der Waals surface area contributed by atoms with Crippen LogP contribution in [0.3, 0.4) is 0 Å². The molecule has 15 heavy (non-hydrogen) atoms. The fraction of sp³-hybridized carbons (Fsp3) is 0.182. The van der Waals surface area contributed by atoms with Gasteiger partial charge in [0.05, 0.1) is 12.3 Å². The molecule has 78 valence electrons. The van der Waals surface area contributed by atoms with Gasteiger partial charge in [-0.2, -0.15) is 0 Å². The summed E-state index contributed by atoms with van der Waals surface area (Å²) in [7, 11) is 0. The monoisotopic (exact) mass is 239 g/mol. The van der Waals surface area contributed by atoms with Crippen molar-refractivity contribution in [2.24, 2.45) is 0 Å². The van der Waals surface area contributed by atoms with E-state index in [1.807, 2.05) is 12.1 Å². The van der Waals surface area contributed by atoms with Gasteiger partial charge in [0.2, 0.25) is 5.91 Å². The van der Waals surface area contributed by atoms with Crippen LogP contribution in [0.25, 0.3) is 0 Å². The van der Waals surface area contributed by atoms with E-state index in [4.69, 9.17) is 18.0 Å². The minimum absolute atomic E-state index is 0.0621. The molecule has 2 nitrogen and oxygen atoms in total. The van der Waals surface area contributed by atoms with Crippen molar-refractivity contribution >= 4 is 29.3 Å². The molecule has 1 rings (SSSR count). The van der Waals surface area contributed by atoms with Crippen LogP contribution in [0.1, 0.15) is 0 Å². The molecule has 0 atom stereocenters. The summed E-state index contributed by atoms with van der Waals surface area (Å²) in [4.78, 5) is 12.2. The molecule has 0 bridgehead atoms. The van der Waals surface area contributed by atoms with Crippen LogP contribution < -0.4 is 5.32 Å². The van der Waals surface area contributed by atoms with Crippen molar-refractivity contribution in [3.63, 3.8) is 0 Å². The van der Waals surface area contributed by atoms with E-state index in [-0.39, 0.29) is 12.5 Å². The lowest BCUT2D eigenvalue weighted by molar-refractivity contribution is -0.118. The number of nitrogens with one attached hydrogen (secondary N) is 1. The molecule has 1 amide bonds. The first-order valence-electron chi connectivity index (χ1n) is 4.31. The fourth-order valence-corrected chi connectivity index (χ4v) is 1.73. The van der Waals surface area contributed by atoms with Crippen LogP contribution in [0.5, 0.6) is 0 Å². The van der Waals surface area contributed by atoms with Gasteiger partial charge in [-0.15, -0.1) is 18.2 Å². The van der Waals surface area contributed by atoms with Crippen LogP contribution in [0, 0.1) is 12.3 Å². The van der Waals surface area contributed by atoms with Crippen molar-refractivity contribution < 1.29 is 4.79 Å². The molecule has 0 fully saturated rings. The van der Waals surface area contributed by atoms with Gasteiger partial charge >= 0.3 is 0 Å². The molecule has 0 aliphatic carbocycles. The van der Waals surface area contributed by atoms with Crippen molar-refractivity contribution in [1.29, 1.82) is 0 Å². The van der Waals surface area contributed by atoms with Gasteiger partial charge in [0.1, 0.15) is 0 Å². The second kappa shape index (κ2) is 6.39. The lowest BCUT2D eigenvalue weighted by Gasteiger charge is -2.01. The van der Waals surface area contributed by atoms with E-state index in [0.717, 1.165) is 4.90 Å². The second-order valence-electron chi connectivity index (χ2n) is 2.72. The molecule has 0 heterocycles. The van der Waals surface area contributed by atoms with E-state index in [9.17, 15) is 4.79 Å². The van der Waals surface area contributed by atoms with Crippen LogP contribution in [0.2, 0.25) is 5.02 Å². The van der Waals surface area contributed by atoms with Crippen molar-refractivity contribution in [2.75, 3.05) is 12.3 Å². The minimum atomic E-state index is -0.0621. The molecule has 1 aromatic carbocycles. The number of rotatable bonds is 4. The second-order valence-corrected chi connectivity index (χ2v) is 4.21. The van der Waals surface area contributed by atoms with Gasteiger partial charge < -0.3 is 5.32 Å². The Kier molecular flexibility index (Phi) is 5.09. The predicted molar refractivity (Wildman–Crippen MR) is 64.0 cm³/mol. The van der Waals surface area contributed by atoms with Gasteiger partial charge in [-0.1, -0.05) is 17.5 Å². The Labute approximate surface area is 98.4 Å². The highest BCUT2D eigenvalue weighted by molar-refractivity contribution is 8.00. The average Bonchev–Trinajstić information content (AvgIpc) is 2.25. The molecule has 0 unspecified atom stereocenters. The largest absolute Gasteiger partial charge is 0.344 e. The van der Waals surface area contributed by atoms with E-state index in [1.165, 1.54) is 11.8 Å². The summed E-state index contributed by atoms with van der Waals surface area (Å²) in [6.07, 6.45) is 5.01. The Hall–Kier alpha value is -1.11. The summed E-state index contributed by atoms with van der Waals surface area (Å²) in [5, 5.41) is 3.28. The molecule has 1 N–H and O–H groups in total. The first-order chi connectivity index (χ1) is 7.22. The fourth-order valence-electron chi connectivity index (χ4n) is 0.880. The first-order valence-corrected chi connectivity index (χ1v) is 5.67. The molecular weight excluding hydrogens is 230 g/mol. The molecule has 0 saturated heterocycles. The molecule has 4 heteroatoms. The molecule has 0 aliphatic rings. The van der Waals surface area contributed by atoms with Gasteiger partial charge in [-0.25, -0.2) is 0 Å². The minimum Gasteiger partial charge on any atom is -0.344 e. The van der Waals surface area contributed by atoms with Crippen LogP contribution in [0.4, 0.5) is 0 Å². The number of terminal acetylenes is 1. The summed E-state index contributed by atoms with van der Waals surface area (Å²) in [5.41, 5.74) is 0. The molecule has 0 spiro atoms. The Morgan fingerprint density at radius 2 is 2.13 bits per heavy atom. The van der Waals surface area contributed by atoms with Gasteiger partial charge in [0, 0.05) is 9.92 Å². The third kappa shape index (κ3) is 4.78. The highest BCUT2D eigenvalue weighted by Gasteiger charge is 2.01. The van der Waals surface area contributed by atoms with Crippen LogP contribution >= 0.6 is 23.4 Å². The SMILES string of the molecule is C#CCNC(=O)CSc1ccc(Cl)cc1. The Morgan fingerprint density at radius 3 is 2.73 bits per heavy atom. The number of benzene rings is 1. The summed E-state index contributed by atoms with van der Waals surface area (Å²) < 4.78 is 0. The van der Waals surface area contributed by atoms with Crippen molar-refractivity contribution in [3.05, 3.63) is 29.3 Å². The number of hydrogen-bond acceptors (Lipinski definition) is 2. The number of thioether (sulfide) groups is 1. The van der Waals surface area contributed by atoms with Crippen molar-refractivity contribution in [1.82, 2.24) is 5.32 Å². The zero-order valence-electron chi connectivity index (χ0n) is 8.00. The van der Waals surface area contributed by atoms with E-state index >= 15 is 0 Å². The van der Waals surface area contributed by atoms with E-state index < -0.39 is 0 Å². The number of carbonyl (C=O) groups is 1. The van der Waals surface area contributed by atoms with Crippen LogP contribution in [-0.4, -0.2) is 18.2 Å². The number of halogens is 1. The van der Waals surface area contributed by atoms with Crippen molar-refractivity contribution in [3.8, 4) is 12.3 Å². The van der Waals surface area contributed by atoms with Crippen molar-refractivity contribution in [2.45, 2.75) is 4.90 Å². The number of amides is 1. The molecule has 1 aromatic rings. The van der Waals surface area contributed by atoms with Gasteiger partial charge in [-0.3, -0.25) is 4.79 Å². The standard InChI is InChI=1S/C11H10ClNOS/c1-2-7-13-11(14)8-15-10-5-3-9(12)4-6-10/h1,3-6H,7-8H2,(H,13,14). The summed E-state index contributed by atoms with van der Waals surface area (Å²) >= 11 is 7.18. The van der Waals surface area contributed by atoms with E-state index in [2.05, 4.69) is 11.2 Å². The smallest absolute Gasteiger partial charge is 0.231 e. The molecule has 0 aliphatic heterocycles. The maximum absolute atomic E-state index is 11.2. The maximum Gasteiger partial charge on any atom is 0.231 e. The third-order valence-corrected chi connectivity index (χ3v) is 2.84. The summed E-state index contributed by atoms with van der Waals surface area (Å²) in [6, 6.07) is 7.34. The van der Waals surface area contributed by atoms with Crippen LogP contribution in [0.15, 0.2) is 29.2 Å². The maximum atomic E-state index is 11.2. The lowest BCUT2D eigenvalue weighted by Crippen LogP contribution is -2.25. The van der Waals surface area contributed by atoms with E-state index in [0.29, 0.717) is 10.8 Å². The number of hydrogen-bond donors (Lipinski definition) is 1.